The molecule has 0 amide bonds. The molecule has 0 aromatic heterocycles. The van der Waals surface area contributed by atoms with Crippen LogP contribution >= 0.6 is 0 Å². The second-order valence-electron chi connectivity index (χ2n) is 5.72. The quantitative estimate of drug-likeness (QED) is 0.754. The third-order valence-corrected chi connectivity index (χ3v) is 4.25. The number of hydrogen-bond acceptors (Lipinski definition) is 4. The molecular formula is C14H29N3O. The van der Waals surface area contributed by atoms with Crippen LogP contribution in [0.2, 0.25) is 0 Å². The highest BCUT2D eigenvalue weighted by Gasteiger charge is 2.26. The second kappa shape index (κ2) is 7.43. The molecule has 4 heteroatoms. The molecule has 2 rings (SSSR count). The molecule has 106 valence electrons. The van der Waals surface area contributed by atoms with Gasteiger partial charge in [-0.05, 0) is 38.9 Å². The Labute approximate surface area is 112 Å². The Balaban J connectivity index is 1.67. The Hall–Kier alpha value is -0.160. The molecule has 0 aromatic rings. The minimum Gasteiger partial charge on any atom is -0.379 e. The lowest BCUT2D eigenvalue weighted by molar-refractivity contribution is 0.0263. The molecule has 18 heavy (non-hydrogen) atoms. The van der Waals surface area contributed by atoms with E-state index >= 15 is 0 Å². The van der Waals surface area contributed by atoms with Crippen molar-refractivity contribution in [3.05, 3.63) is 0 Å². The molecule has 2 aliphatic heterocycles. The van der Waals surface area contributed by atoms with Gasteiger partial charge in [-0.15, -0.1) is 0 Å². The zero-order valence-corrected chi connectivity index (χ0v) is 12.0. The average molecular weight is 255 g/mol. The van der Waals surface area contributed by atoms with Crippen molar-refractivity contribution in [2.24, 2.45) is 5.92 Å². The maximum absolute atomic E-state index is 5.40. The van der Waals surface area contributed by atoms with Crippen molar-refractivity contribution in [1.29, 1.82) is 0 Å². The minimum absolute atomic E-state index is 0.690. The number of nitrogens with one attached hydrogen (secondary N) is 1. The third-order valence-electron chi connectivity index (χ3n) is 4.25. The first-order valence-electron chi connectivity index (χ1n) is 7.54. The van der Waals surface area contributed by atoms with Crippen LogP contribution in [-0.4, -0.2) is 74.9 Å². The van der Waals surface area contributed by atoms with Gasteiger partial charge in [0, 0.05) is 32.2 Å². The molecule has 0 radical (unpaired) electrons. The van der Waals surface area contributed by atoms with Gasteiger partial charge in [0.2, 0.25) is 0 Å². The van der Waals surface area contributed by atoms with E-state index in [0.717, 1.165) is 38.8 Å². The molecule has 0 aliphatic carbocycles. The van der Waals surface area contributed by atoms with Crippen molar-refractivity contribution in [1.82, 2.24) is 15.1 Å². The van der Waals surface area contributed by atoms with Gasteiger partial charge in [0.25, 0.3) is 0 Å². The number of rotatable bonds is 6. The summed E-state index contributed by atoms with van der Waals surface area (Å²) in [6.07, 6.45) is 1.36. The lowest BCUT2D eigenvalue weighted by atomic mass is 10.1. The van der Waals surface area contributed by atoms with Gasteiger partial charge in [0.15, 0.2) is 0 Å². The summed E-state index contributed by atoms with van der Waals surface area (Å²) in [6, 6.07) is 0.690. The second-order valence-corrected chi connectivity index (χ2v) is 5.72. The molecule has 2 saturated heterocycles. The highest BCUT2D eigenvalue weighted by atomic mass is 16.5. The van der Waals surface area contributed by atoms with Crippen LogP contribution in [0.15, 0.2) is 0 Å². The van der Waals surface area contributed by atoms with E-state index < -0.39 is 0 Å². The zero-order chi connectivity index (χ0) is 12.8. The molecule has 1 N–H and O–H groups in total. The van der Waals surface area contributed by atoms with E-state index in [2.05, 4.69) is 29.0 Å². The lowest BCUT2D eigenvalue weighted by Crippen LogP contribution is -2.45. The van der Waals surface area contributed by atoms with E-state index in [4.69, 9.17) is 4.74 Å². The third kappa shape index (κ3) is 4.19. The number of morpholine rings is 1. The fraction of sp³-hybridized carbons (Fsp3) is 1.00. The summed E-state index contributed by atoms with van der Waals surface area (Å²) in [5.41, 5.74) is 0. The Kier molecular flexibility index (Phi) is 5.89. The first-order chi connectivity index (χ1) is 8.79. The fourth-order valence-corrected chi connectivity index (χ4v) is 3.05. The fourth-order valence-electron chi connectivity index (χ4n) is 3.05. The van der Waals surface area contributed by atoms with Gasteiger partial charge in [0.1, 0.15) is 0 Å². The minimum atomic E-state index is 0.690. The Morgan fingerprint density at radius 2 is 2.06 bits per heavy atom. The van der Waals surface area contributed by atoms with Gasteiger partial charge in [-0.1, -0.05) is 6.92 Å². The van der Waals surface area contributed by atoms with E-state index in [0.29, 0.717) is 6.04 Å². The van der Waals surface area contributed by atoms with Gasteiger partial charge in [0.05, 0.1) is 13.2 Å². The summed E-state index contributed by atoms with van der Waals surface area (Å²) in [4.78, 5) is 5.21. The molecule has 2 aliphatic rings. The number of nitrogens with zero attached hydrogens (tertiary/aromatic N) is 2. The van der Waals surface area contributed by atoms with Gasteiger partial charge >= 0.3 is 0 Å². The van der Waals surface area contributed by atoms with Crippen LogP contribution in [0.25, 0.3) is 0 Å². The Morgan fingerprint density at radius 1 is 1.28 bits per heavy atom. The standard InChI is InChI=1S/C14H29N3O/c1-3-15-10-14-4-5-17(12-14)13(2)11-16-6-8-18-9-7-16/h13-15H,3-12H2,1-2H3. The van der Waals surface area contributed by atoms with Crippen LogP contribution < -0.4 is 5.32 Å². The van der Waals surface area contributed by atoms with Crippen molar-refractivity contribution >= 4 is 0 Å². The maximum atomic E-state index is 5.40. The molecule has 2 heterocycles. The smallest absolute Gasteiger partial charge is 0.0594 e. The molecule has 0 aromatic carbocycles. The van der Waals surface area contributed by atoms with E-state index in [-0.39, 0.29) is 0 Å². The SMILES string of the molecule is CCNCC1CCN(C(C)CN2CCOCC2)C1. The molecule has 2 atom stereocenters. The molecular weight excluding hydrogens is 226 g/mol. The highest BCUT2D eigenvalue weighted by Crippen LogP contribution is 2.18. The van der Waals surface area contributed by atoms with Gasteiger partial charge in [-0.25, -0.2) is 0 Å². The van der Waals surface area contributed by atoms with Gasteiger partial charge in [-0.2, -0.15) is 0 Å². The summed E-state index contributed by atoms with van der Waals surface area (Å²) in [5.74, 6) is 0.858. The first-order valence-corrected chi connectivity index (χ1v) is 7.54. The van der Waals surface area contributed by atoms with Crippen LogP contribution in [0.5, 0.6) is 0 Å². The van der Waals surface area contributed by atoms with E-state index in [1.807, 2.05) is 0 Å². The predicted octanol–water partition coefficient (Wildman–Crippen LogP) is 0.639. The van der Waals surface area contributed by atoms with Crippen LogP contribution in [0.4, 0.5) is 0 Å². The molecule has 4 nitrogen and oxygen atoms in total. The molecule has 0 saturated carbocycles. The van der Waals surface area contributed by atoms with Crippen molar-refractivity contribution in [3.63, 3.8) is 0 Å². The summed E-state index contributed by atoms with van der Waals surface area (Å²) in [5, 5.41) is 3.48. The summed E-state index contributed by atoms with van der Waals surface area (Å²) in [7, 11) is 0. The van der Waals surface area contributed by atoms with Crippen LogP contribution in [-0.2, 0) is 4.74 Å². The first kappa shape index (κ1) is 14.3. The van der Waals surface area contributed by atoms with E-state index in [1.54, 1.807) is 0 Å². The predicted molar refractivity (Wildman–Crippen MR) is 74.9 cm³/mol. The molecule has 2 unspecified atom stereocenters. The van der Waals surface area contributed by atoms with Crippen molar-refractivity contribution < 1.29 is 4.74 Å². The van der Waals surface area contributed by atoms with Gasteiger partial charge < -0.3 is 10.1 Å². The topological polar surface area (TPSA) is 27.7 Å². The van der Waals surface area contributed by atoms with Crippen LogP contribution in [0, 0.1) is 5.92 Å². The van der Waals surface area contributed by atoms with Gasteiger partial charge in [-0.3, -0.25) is 9.80 Å². The van der Waals surface area contributed by atoms with Crippen molar-refractivity contribution in [3.8, 4) is 0 Å². The van der Waals surface area contributed by atoms with Crippen LogP contribution in [0.1, 0.15) is 20.3 Å². The zero-order valence-electron chi connectivity index (χ0n) is 12.0. The highest BCUT2D eigenvalue weighted by molar-refractivity contribution is 4.82. The lowest BCUT2D eigenvalue weighted by Gasteiger charge is -2.33. The number of ether oxygens (including phenoxy) is 1. The summed E-state index contributed by atoms with van der Waals surface area (Å²) < 4.78 is 5.40. The maximum Gasteiger partial charge on any atom is 0.0594 e. The largest absolute Gasteiger partial charge is 0.379 e. The monoisotopic (exact) mass is 255 g/mol. The van der Waals surface area contributed by atoms with Crippen molar-refractivity contribution in [2.45, 2.75) is 26.3 Å². The van der Waals surface area contributed by atoms with Crippen molar-refractivity contribution in [2.75, 3.05) is 59.0 Å². The number of hydrogen-bond donors (Lipinski definition) is 1. The average Bonchev–Trinajstić information content (AvgIpc) is 2.86. The molecule has 0 bridgehead atoms. The Morgan fingerprint density at radius 3 is 2.78 bits per heavy atom. The normalized spacial score (nSPS) is 28.7. The molecule has 0 spiro atoms. The summed E-state index contributed by atoms with van der Waals surface area (Å²) in [6.45, 7) is 14.7. The van der Waals surface area contributed by atoms with E-state index in [9.17, 15) is 0 Å². The number of likely N-dealkylation sites (tertiary alicyclic amines) is 1. The Bertz CT molecular complexity index is 231. The molecule has 2 fully saturated rings. The van der Waals surface area contributed by atoms with E-state index in [1.165, 1.54) is 32.6 Å². The van der Waals surface area contributed by atoms with Crippen LogP contribution in [0.3, 0.4) is 0 Å². The summed E-state index contributed by atoms with van der Waals surface area (Å²) >= 11 is 0.